The zero-order valence-corrected chi connectivity index (χ0v) is 16.7. The normalized spacial score (nSPS) is 11.9. The molecule has 0 bridgehead atoms. The smallest absolute Gasteiger partial charge is 0.304 e. The highest BCUT2D eigenvalue weighted by atomic mass is 19.1. The van der Waals surface area contributed by atoms with E-state index in [1.165, 1.54) is 32.5 Å². The third-order valence-electron chi connectivity index (χ3n) is 4.58. The molecule has 1 atom stereocenters. The predicted molar refractivity (Wildman–Crippen MR) is 105 cm³/mol. The molecule has 0 spiro atoms. The summed E-state index contributed by atoms with van der Waals surface area (Å²) < 4.78 is 31.1. The van der Waals surface area contributed by atoms with Crippen LogP contribution in [-0.4, -0.2) is 30.3 Å². The summed E-state index contributed by atoms with van der Waals surface area (Å²) in [7, 11) is 3.06. The van der Waals surface area contributed by atoms with Crippen molar-refractivity contribution < 1.29 is 28.2 Å². The van der Waals surface area contributed by atoms with Crippen LogP contribution in [0.5, 0.6) is 11.5 Å². The number of benzene rings is 2. The second-order valence-electron chi connectivity index (χ2n) is 6.78. The molecule has 7 heteroatoms. The van der Waals surface area contributed by atoms with E-state index >= 15 is 0 Å². The van der Waals surface area contributed by atoms with Gasteiger partial charge in [0, 0.05) is 0 Å². The standard InChI is InChI=1S/C22H22FNO5/c1-12-5-18(27-3)21(19(6-12)28-4)15-7-14(8-16(23)9-15)17(10-20(25)26)22-24-11-13(2)29-22/h5-9,11,17H,10H2,1-4H3,(H,25,26). The van der Waals surface area contributed by atoms with Gasteiger partial charge in [-0.1, -0.05) is 0 Å². The molecule has 29 heavy (non-hydrogen) atoms. The summed E-state index contributed by atoms with van der Waals surface area (Å²) in [6.45, 7) is 3.62. The van der Waals surface area contributed by atoms with Gasteiger partial charge in [0.25, 0.3) is 0 Å². The summed E-state index contributed by atoms with van der Waals surface area (Å²) in [5, 5.41) is 9.36. The fourth-order valence-electron chi connectivity index (χ4n) is 3.34. The minimum Gasteiger partial charge on any atom is -0.496 e. The van der Waals surface area contributed by atoms with Crippen LogP contribution in [0.15, 0.2) is 40.9 Å². The number of aromatic nitrogens is 1. The number of carboxylic acids is 1. The number of methoxy groups -OCH3 is 2. The molecule has 1 N–H and O–H groups in total. The third-order valence-corrected chi connectivity index (χ3v) is 4.58. The van der Waals surface area contributed by atoms with Crippen molar-refractivity contribution in [1.29, 1.82) is 0 Å². The molecule has 0 amide bonds. The maximum absolute atomic E-state index is 14.6. The van der Waals surface area contributed by atoms with Gasteiger partial charge in [-0.05, 0) is 60.9 Å². The number of hydrogen-bond acceptors (Lipinski definition) is 5. The molecule has 1 heterocycles. The van der Waals surface area contributed by atoms with Crippen LogP contribution in [0.3, 0.4) is 0 Å². The maximum Gasteiger partial charge on any atom is 0.304 e. The Morgan fingerprint density at radius 2 is 1.79 bits per heavy atom. The van der Waals surface area contributed by atoms with E-state index in [4.69, 9.17) is 13.9 Å². The van der Waals surface area contributed by atoms with Crippen molar-refractivity contribution in [3.8, 4) is 22.6 Å². The van der Waals surface area contributed by atoms with Gasteiger partial charge in [0.1, 0.15) is 23.1 Å². The highest BCUT2D eigenvalue weighted by molar-refractivity contribution is 5.78. The fourth-order valence-corrected chi connectivity index (χ4v) is 3.34. The van der Waals surface area contributed by atoms with E-state index in [9.17, 15) is 14.3 Å². The molecule has 0 aliphatic heterocycles. The number of nitrogens with zero attached hydrogens (tertiary/aromatic N) is 1. The first-order valence-corrected chi connectivity index (χ1v) is 9.00. The lowest BCUT2D eigenvalue weighted by Gasteiger charge is -2.17. The lowest BCUT2D eigenvalue weighted by atomic mass is 9.91. The monoisotopic (exact) mass is 399 g/mol. The summed E-state index contributed by atoms with van der Waals surface area (Å²) in [5.41, 5.74) is 2.46. The van der Waals surface area contributed by atoms with Crippen LogP contribution in [0.4, 0.5) is 4.39 Å². The Hall–Kier alpha value is -3.35. The molecular formula is C22H22FNO5. The van der Waals surface area contributed by atoms with E-state index in [0.717, 1.165) is 5.56 Å². The van der Waals surface area contributed by atoms with Gasteiger partial charge < -0.3 is 19.0 Å². The maximum atomic E-state index is 14.6. The molecule has 1 unspecified atom stereocenters. The largest absolute Gasteiger partial charge is 0.496 e. The molecule has 152 valence electrons. The number of ether oxygens (including phenoxy) is 2. The van der Waals surface area contributed by atoms with Crippen LogP contribution in [0, 0.1) is 19.7 Å². The number of carboxylic acid groups (broad SMARTS) is 1. The average Bonchev–Trinajstić information content (AvgIpc) is 3.10. The number of aryl methyl sites for hydroxylation is 2. The topological polar surface area (TPSA) is 81.8 Å². The SMILES string of the molecule is COc1cc(C)cc(OC)c1-c1cc(F)cc(C(CC(=O)O)c2ncc(C)o2)c1. The van der Waals surface area contributed by atoms with Crippen molar-refractivity contribution in [2.24, 2.45) is 0 Å². The fraction of sp³-hybridized carbons (Fsp3) is 0.273. The first-order valence-electron chi connectivity index (χ1n) is 9.00. The summed E-state index contributed by atoms with van der Waals surface area (Å²) in [5.74, 6) is -0.459. The van der Waals surface area contributed by atoms with E-state index in [1.807, 2.05) is 19.1 Å². The summed E-state index contributed by atoms with van der Waals surface area (Å²) >= 11 is 0. The minimum atomic E-state index is -1.04. The van der Waals surface area contributed by atoms with Crippen molar-refractivity contribution in [2.45, 2.75) is 26.2 Å². The number of halogens is 1. The molecule has 0 aliphatic rings. The van der Waals surface area contributed by atoms with Crippen LogP contribution < -0.4 is 9.47 Å². The Morgan fingerprint density at radius 3 is 2.31 bits per heavy atom. The number of hydrogen-bond donors (Lipinski definition) is 1. The molecule has 0 aliphatic carbocycles. The van der Waals surface area contributed by atoms with Crippen LogP contribution in [0.1, 0.15) is 35.1 Å². The van der Waals surface area contributed by atoms with E-state index < -0.39 is 17.7 Å². The van der Waals surface area contributed by atoms with Crippen molar-refractivity contribution >= 4 is 5.97 Å². The van der Waals surface area contributed by atoms with Crippen molar-refractivity contribution in [1.82, 2.24) is 4.98 Å². The zero-order valence-electron chi connectivity index (χ0n) is 16.7. The number of oxazole rings is 1. The van der Waals surface area contributed by atoms with E-state index in [2.05, 4.69) is 4.98 Å². The second-order valence-corrected chi connectivity index (χ2v) is 6.78. The lowest BCUT2D eigenvalue weighted by Crippen LogP contribution is -2.09. The zero-order chi connectivity index (χ0) is 21.1. The Balaban J connectivity index is 2.19. The summed E-state index contributed by atoms with van der Waals surface area (Å²) in [4.78, 5) is 15.6. The molecule has 1 aromatic heterocycles. The highest BCUT2D eigenvalue weighted by Crippen LogP contribution is 2.41. The molecule has 0 saturated carbocycles. The third kappa shape index (κ3) is 4.39. The second kappa shape index (κ2) is 8.34. The Kier molecular flexibility index (Phi) is 5.87. The first-order chi connectivity index (χ1) is 13.8. The van der Waals surface area contributed by atoms with Gasteiger partial charge >= 0.3 is 5.97 Å². The lowest BCUT2D eigenvalue weighted by molar-refractivity contribution is -0.137. The summed E-state index contributed by atoms with van der Waals surface area (Å²) in [6, 6.07) is 8.02. The average molecular weight is 399 g/mol. The Bertz CT molecular complexity index is 1020. The molecule has 3 rings (SSSR count). The van der Waals surface area contributed by atoms with E-state index in [-0.39, 0.29) is 12.3 Å². The minimum absolute atomic E-state index is 0.226. The molecule has 6 nitrogen and oxygen atoms in total. The molecule has 0 fully saturated rings. The van der Waals surface area contributed by atoms with Gasteiger partial charge in [-0.25, -0.2) is 9.37 Å². The number of carbonyl (C=O) groups is 1. The predicted octanol–water partition coefficient (Wildman–Crippen LogP) is 4.72. The van der Waals surface area contributed by atoms with Crippen molar-refractivity contribution in [2.75, 3.05) is 14.2 Å². The van der Waals surface area contributed by atoms with Crippen LogP contribution in [-0.2, 0) is 4.79 Å². The van der Waals surface area contributed by atoms with E-state index in [1.54, 1.807) is 13.0 Å². The van der Waals surface area contributed by atoms with Crippen LogP contribution in [0.25, 0.3) is 11.1 Å². The van der Waals surface area contributed by atoms with Crippen LogP contribution >= 0.6 is 0 Å². The quantitative estimate of drug-likeness (QED) is 0.619. The molecule has 3 aromatic rings. The van der Waals surface area contributed by atoms with Gasteiger partial charge in [-0.3, -0.25) is 4.79 Å². The molecular weight excluding hydrogens is 377 g/mol. The molecule has 0 radical (unpaired) electrons. The van der Waals surface area contributed by atoms with Gasteiger partial charge in [-0.2, -0.15) is 0 Å². The van der Waals surface area contributed by atoms with E-state index in [0.29, 0.717) is 33.9 Å². The van der Waals surface area contributed by atoms with Gasteiger partial charge in [0.2, 0.25) is 5.89 Å². The van der Waals surface area contributed by atoms with Gasteiger partial charge in [-0.15, -0.1) is 0 Å². The number of rotatable bonds is 7. The number of aliphatic carboxylic acids is 1. The summed E-state index contributed by atoms with van der Waals surface area (Å²) in [6.07, 6.45) is 1.22. The first kappa shape index (κ1) is 20.4. The Labute approximate surface area is 167 Å². The Morgan fingerprint density at radius 1 is 1.14 bits per heavy atom. The molecule has 0 saturated heterocycles. The molecule has 2 aromatic carbocycles. The van der Waals surface area contributed by atoms with Crippen molar-refractivity contribution in [3.63, 3.8) is 0 Å². The van der Waals surface area contributed by atoms with Crippen LogP contribution in [0.2, 0.25) is 0 Å². The van der Waals surface area contributed by atoms with Gasteiger partial charge in [0.05, 0.1) is 38.3 Å². The van der Waals surface area contributed by atoms with Gasteiger partial charge in [0.15, 0.2) is 0 Å². The van der Waals surface area contributed by atoms with Crippen molar-refractivity contribution in [3.05, 3.63) is 65.1 Å². The highest BCUT2D eigenvalue weighted by Gasteiger charge is 2.25.